The highest BCUT2D eigenvalue weighted by atomic mass is 32.2. The number of ketones is 1. The van der Waals surface area contributed by atoms with E-state index in [2.05, 4.69) is 26.7 Å². The number of rotatable bonds is 8. The van der Waals surface area contributed by atoms with Gasteiger partial charge in [0.25, 0.3) is 0 Å². The third kappa shape index (κ3) is 5.47. The van der Waals surface area contributed by atoms with Crippen LogP contribution in [0.3, 0.4) is 0 Å². The average molecular weight is 535 g/mol. The second-order valence-electron chi connectivity index (χ2n) is 8.83. The fourth-order valence-corrected chi connectivity index (χ4v) is 7.03. The molecule has 5 rings (SSSR count). The van der Waals surface area contributed by atoms with Crippen LogP contribution in [-0.4, -0.2) is 43.4 Å². The van der Waals surface area contributed by atoms with E-state index in [4.69, 9.17) is 14.1 Å². The zero-order valence-electron chi connectivity index (χ0n) is 19.1. The highest BCUT2D eigenvalue weighted by Crippen LogP contribution is 2.40. The first kappa shape index (κ1) is 24.5. The molecule has 1 fully saturated rings. The summed E-state index contributed by atoms with van der Waals surface area (Å²) < 4.78 is 33.0. The van der Waals surface area contributed by atoms with Gasteiger partial charge in [0, 0.05) is 28.4 Å². The molecule has 9 nitrogen and oxygen atoms in total. The Morgan fingerprint density at radius 2 is 2.20 bits per heavy atom. The number of carbonyl (C=O) groups excluding carboxylic acids is 1. The number of ether oxygens (including phenoxy) is 1. The standard InChI is InChI=1S/C23H26N4O5S3/c1-13-17(22-16-5-7-33-19(16)4-6-31-22)9-20(34-13)21(28)18-10-25-12-26-23(18)27-15-3-2-14(8-15)11-32-35(24,29)30/h5,7,9-10,12,14-15,22H,2-4,6,8,11H2,1H3,(H2,24,29,30)(H,25,26,27)/t14-,15+,22?/m1/s1. The van der Waals surface area contributed by atoms with Crippen molar-refractivity contribution in [2.75, 3.05) is 18.5 Å². The predicted molar refractivity (Wildman–Crippen MR) is 134 cm³/mol. The van der Waals surface area contributed by atoms with Gasteiger partial charge in [0.15, 0.2) is 0 Å². The topological polar surface area (TPSA) is 133 Å². The molecule has 0 spiro atoms. The van der Waals surface area contributed by atoms with Gasteiger partial charge < -0.3 is 10.1 Å². The van der Waals surface area contributed by atoms with E-state index in [1.807, 2.05) is 13.0 Å². The maximum Gasteiger partial charge on any atom is 0.333 e. The third-order valence-corrected chi connectivity index (χ3v) is 8.97. The van der Waals surface area contributed by atoms with E-state index in [0.29, 0.717) is 29.3 Å². The molecule has 35 heavy (non-hydrogen) atoms. The molecule has 3 aromatic rings. The number of carbonyl (C=O) groups is 1. The zero-order valence-corrected chi connectivity index (χ0v) is 21.5. The molecular weight excluding hydrogens is 508 g/mol. The smallest absolute Gasteiger partial charge is 0.333 e. The van der Waals surface area contributed by atoms with Gasteiger partial charge in [-0.1, -0.05) is 0 Å². The van der Waals surface area contributed by atoms with Crippen LogP contribution in [-0.2, 0) is 25.6 Å². The van der Waals surface area contributed by atoms with Crippen LogP contribution in [0.1, 0.15) is 61.5 Å². The van der Waals surface area contributed by atoms with Crippen LogP contribution in [0.25, 0.3) is 0 Å². The minimum atomic E-state index is -3.95. The number of hydrogen-bond donors (Lipinski definition) is 2. The van der Waals surface area contributed by atoms with Gasteiger partial charge in [-0.2, -0.15) is 8.42 Å². The van der Waals surface area contributed by atoms with Crippen molar-refractivity contribution in [1.82, 2.24) is 9.97 Å². The number of nitrogens with one attached hydrogen (secondary N) is 1. The zero-order chi connectivity index (χ0) is 24.6. The maximum absolute atomic E-state index is 13.5. The van der Waals surface area contributed by atoms with Gasteiger partial charge in [0.05, 0.1) is 23.7 Å². The Labute approximate surface area is 212 Å². The summed E-state index contributed by atoms with van der Waals surface area (Å²) in [5.74, 6) is 0.400. The number of nitrogens with two attached hydrogens (primary N) is 1. The molecule has 4 heterocycles. The van der Waals surface area contributed by atoms with Gasteiger partial charge in [-0.3, -0.25) is 8.98 Å². The second-order valence-corrected chi connectivity index (χ2v) is 12.3. The summed E-state index contributed by atoms with van der Waals surface area (Å²) in [5, 5.41) is 10.4. The molecule has 1 unspecified atom stereocenters. The van der Waals surface area contributed by atoms with Crippen LogP contribution in [0, 0.1) is 12.8 Å². The summed E-state index contributed by atoms with van der Waals surface area (Å²) in [6.45, 7) is 2.74. The maximum atomic E-state index is 13.5. The number of anilines is 1. The molecule has 1 saturated carbocycles. The highest BCUT2D eigenvalue weighted by molar-refractivity contribution is 7.84. The number of nitrogens with zero attached hydrogens (tertiary/aromatic N) is 2. The molecule has 0 radical (unpaired) electrons. The normalized spacial score (nSPS) is 22.2. The fraction of sp³-hybridized carbons (Fsp3) is 0.435. The Hall–Kier alpha value is -2.22. The van der Waals surface area contributed by atoms with E-state index in [9.17, 15) is 13.2 Å². The first-order valence-electron chi connectivity index (χ1n) is 11.3. The van der Waals surface area contributed by atoms with Crippen molar-refractivity contribution in [3.63, 3.8) is 0 Å². The van der Waals surface area contributed by atoms with Crippen molar-refractivity contribution >= 4 is 44.6 Å². The first-order valence-corrected chi connectivity index (χ1v) is 14.5. The lowest BCUT2D eigenvalue weighted by atomic mass is 9.99. The highest BCUT2D eigenvalue weighted by Gasteiger charge is 2.30. The van der Waals surface area contributed by atoms with Crippen LogP contribution in [0.15, 0.2) is 30.0 Å². The molecule has 0 aromatic carbocycles. The monoisotopic (exact) mass is 534 g/mol. The van der Waals surface area contributed by atoms with Gasteiger partial charge >= 0.3 is 10.3 Å². The molecular formula is C23H26N4O5S3. The van der Waals surface area contributed by atoms with Gasteiger partial charge in [0.2, 0.25) is 5.78 Å². The Morgan fingerprint density at radius 1 is 1.34 bits per heavy atom. The van der Waals surface area contributed by atoms with Crippen LogP contribution in [0.2, 0.25) is 0 Å². The number of aromatic nitrogens is 2. The van der Waals surface area contributed by atoms with Crippen molar-refractivity contribution in [3.05, 3.63) is 61.4 Å². The Bertz CT molecular complexity index is 1340. The number of aryl methyl sites for hydroxylation is 1. The lowest BCUT2D eigenvalue weighted by Gasteiger charge is -2.23. The van der Waals surface area contributed by atoms with Crippen LogP contribution in [0.5, 0.6) is 0 Å². The number of fused-ring (bicyclic) bond motifs is 1. The lowest BCUT2D eigenvalue weighted by molar-refractivity contribution is 0.0711. The molecule has 1 aliphatic heterocycles. The molecule has 0 amide bonds. The molecule has 0 bridgehead atoms. The van der Waals surface area contributed by atoms with E-state index >= 15 is 0 Å². The molecule has 3 aromatic heterocycles. The van der Waals surface area contributed by atoms with Gasteiger partial charge in [-0.15, -0.1) is 22.7 Å². The Kier molecular flexibility index (Phi) is 7.02. The lowest BCUT2D eigenvalue weighted by Crippen LogP contribution is -2.22. The molecule has 12 heteroatoms. The molecule has 2 aliphatic rings. The Balaban J connectivity index is 1.32. The predicted octanol–water partition coefficient (Wildman–Crippen LogP) is 3.60. The minimum absolute atomic E-state index is 0.0406. The van der Waals surface area contributed by atoms with E-state index < -0.39 is 10.3 Å². The number of hydrogen-bond acceptors (Lipinski definition) is 10. The summed E-state index contributed by atoms with van der Waals surface area (Å²) in [7, 11) is -3.95. The van der Waals surface area contributed by atoms with Crippen molar-refractivity contribution in [3.8, 4) is 0 Å². The largest absolute Gasteiger partial charge is 0.368 e. The summed E-state index contributed by atoms with van der Waals surface area (Å²) in [6, 6.07) is 4.09. The van der Waals surface area contributed by atoms with Crippen molar-refractivity contribution in [1.29, 1.82) is 0 Å². The van der Waals surface area contributed by atoms with Gasteiger partial charge in [0.1, 0.15) is 18.2 Å². The van der Waals surface area contributed by atoms with Crippen LogP contribution < -0.4 is 10.5 Å². The summed E-state index contributed by atoms with van der Waals surface area (Å²) in [4.78, 5) is 24.9. The van der Waals surface area contributed by atoms with E-state index in [1.165, 1.54) is 34.3 Å². The first-order chi connectivity index (χ1) is 16.8. The fourth-order valence-electron chi connectivity index (χ4n) is 4.76. The Morgan fingerprint density at radius 3 is 3.03 bits per heavy atom. The van der Waals surface area contributed by atoms with Gasteiger partial charge in [-0.25, -0.2) is 15.1 Å². The van der Waals surface area contributed by atoms with E-state index in [1.54, 1.807) is 11.3 Å². The molecule has 3 N–H and O–H groups in total. The molecule has 3 atom stereocenters. The number of thiophene rings is 2. The van der Waals surface area contributed by atoms with Gasteiger partial charge in [-0.05, 0) is 60.7 Å². The molecule has 0 saturated heterocycles. The van der Waals surface area contributed by atoms with Crippen LogP contribution in [0.4, 0.5) is 5.82 Å². The summed E-state index contributed by atoms with van der Waals surface area (Å²) in [6.07, 6.45) is 6.01. The minimum Gasteiger partial charge on any atom is -0.368 e. The summed E-state index contributed by atoms with van der Waals surface area (Å²) in [5.41, 5.74) is 2.62. The van der Waals surface area contributed by atoms with E-state index in [0.717, 1.165) is 29.7 Å². The third-order valence-electron chi connectivity index (χ3n) is 6.45. The quantitative estimate of drug-likeness (QED) is 0.419. The molecule has 1 aliphatic carbocycles. The SMILES string of the molecule is Cc1sc(C(=O)c2cncnc2N[C@H]2CC[C@@H](COS(N)(=O)=O)C2)cc1C1OCCc2sccc21. The van der Waals surface area contributed by atoms with Crippen molar-refractivity contribution < 1.29 is 22.1 Å². The molecule has 186 valence electrons. The van der Waals surface area contributed by atoms with E-state index in [-0.39, 0.29) is 30.5 Å². The summed E-state index contributed by atoms with van der Waals surface area (Å²) >= 11 is 3.20. The van der Waals surface area contributed by atoms with Crippen molar-refractivity contribution in [2.45, 2.75) is 44.8 Å². The van der Waals surface area contributed by atoms with Crippen LogP contribution >= 0.6 is 22.7 Å². The average Bonchev–Trinajstić information content (AvgIpc) is 3.57. The second kappa shape index (κ2) is 10.0. The van der Waals surface area contributed by atoms with Crippen molar-refractivity contribution in [2.24, 2.45) is 11.1 Å².